The van der Waals surface area contributed by atoms with Gasteiger partial charge >= 0.3 is 12.4 Å². The number of hydrogen-bond donors (Lipinski definition) is 1. The van der Waals surface area contributed by atoms with Crippen molar-refractivity contribution < 1.29 is 32.6 Å². The van der Waals surface area contributed by atoms with E-state index >= 15 is 0 Å². The second-order valence-electron chi connectivity index (χ2n) is 7.26. The van der Waals surface area contributed by atoms with E-state index in [1.807, 2.05) is 0 Å². The zero-order valence-electron chi connectivity index (χ0n) is 15.6. The molecule has 0 saturated carbocycles. The summed E-state index contributed by atoms with van der Waals surface area (Å²) in [6, 6.07) is 6.97. The van der Waals surface area contributed by atoms with Gasteiger partial charge in [0.25, 0.3) is 5.91 Å². The number of fused-ring (bicyclic) bond motifs is 1. The van der Waals surface area contributed by atoms with Crippen molar-refractivity contribution in [3.05, 3.63) is 52.3 Å². The second kappa shape index (κ2) is 7.54. The van der Waals surface area contributed by atoms with Gasteiger partial charge in [0.2, 0.25) is 0 Å². The molecular formula is C19H14Cl2F3N3O4. The van der Waals surface area contributed by atoms with E-state index < -0.39 is 35.7 Å². The second-order valence-corrected chi connectivity index (χ2v) is 8.04. The van der Waals surface area contributed by atoms with Crippen LogP contribution in [0.2, 0.25) is 10.3 Å². The van der Waals surface area contributed by atoms with Crippen molar-refractivity contribution in [3.8, 4) is 5.75 Å². The molecule has 2 aliphatic rings. The van der Waals surface area contributed by atoms with Crippen LogP contribution in [0.4, 0.5) is 23.7 Å². The number of β-amino-alcohol motifs (C(OH)–C–C–N with tert-alkyl or cyclic N) is 1. The first-order valence-electron chi connectivity index (χ1n) is 9.00. The third-order valence-corrected chi connectivity index (χ3v) is 5.55. The summed E-state index contributed by atoms with van der Waals surface area (Å²) in [4.78, 5) is 32.4. The number of pyridine rings is 1. The SMILES string of the molecule is O=C1N(c2cc(Cl)nc(Cl)c2)C(=O)[C@]2(Cc3ccc(OC(F)(F)F)cc3)C[C@@H](O)CN12. The first-order chi connectivity index (χ1) is 14.5. The third-order valence-electron chi connectivity index (χ3n) is 5.17. The van der Waals surface area contributed by atoms with Gasteiger partial charge in [-0.3, -0.25) is 4.79 Å². The van der Waals surface area contributed by atoms with Gasteiger partial charge in [-0.2, -0.15) is 0 Å². The summed E-state index contributed by atoms with van der Waals surface area (Å²) in [5.74, 6) is -1.00. The number of benzene rings is 1. The number of aliphatic hydroxyl groups excluding tert-OH is 1. The molecule has 0 bridgehead atoms. The van der Waals surface area contributed by atoms with Crippen molar-refractivity contribution in [3.63, 3.8) is 0 Å². The summed E-state index contributed by atoms with van der Waals surface area (Å²) in [7, 11) is 0. The van der Waals surface area contributed by atoms with Gasteiger partial charge in [-0.15, -0.1) is 13.2 Å². The molecule has 7 nitrogen and oxygen atoms in total. The van der Waals surface area contributed by atoms with Crippen molar-refractivity contribution in [2.45, 2.75) is 30.8 Å². The summed E-state index contributed by atoms with van der Waals surface area (Å²) >= 11 is 11.8. The molecule has 2 fully saturated rings. The lowest BCUT2D eigenvalue weighted by Crippen LogP contribution is -2.47. The molecule has 2 aromatic rings. The van der Waals surface area contributed by atoms with E-state index in [1.165, 1.54) is 29.2 Å². The lowest BCUT2D eigenvalue weighted by atomic mass is 9.87. The van der Waals surface area contributed by atoms with Crippen LogP contribution in [-0.2, 0) is 11.2 Å². The van der Waals surface area contributed by atoms with Crippen LogP contribution in [-0.4, -0.2) is 51.5 Å². The van der Waals surface area contributed by atoms with Crippen molar-refractivity contribution in [2.24, 2.45) is 0 Å². The number of carbonyl (C=O) groups excluding carboxylic acids is 2. The molecule has 12 heteroatoms. The highest BCUT2D eigenvalue weighted by molar-refractivity contribution is 6.33. The average molecular weight is 476 g/mol. The quantitative estimate of drug-likeness (QED) is 0.537. The molecular weight excluding hydrogens is 462 g/mol. The van der Waals surface area contributed by atoms with Crippen LogP contribution in [0.25, 0.3) is 0 Å². The number of carbonyl (C=O) groups is 2. The van der Waals surface area contributed by atoms with E-state index in [0.717, 1.165) is 17.0 Å². The van der Waals surface area contributed by atoms with Gasteiger partial charge in [0.15, 0.2) is 0 Å². The smallest absolute Gasteiger partial charge is 0.406 e. The first kappa shape index (κ1) is 21.7. The number of aliphatic hydroxyl groups is 1. The maximum absolute atomic E-state index is 13.4. The molecule has 0 spiro atoms. The van der Waals surface area contributed by atoms with Crippen LogP contribution in [0.3, 0.4) is 0 Å². The fourth-order valence-corrected chi connectivity index (χ4v) is 4.48. The van der Waals surface area contributed by atoms with Crippen LogP contribution >= 0.6 is 23.2 Å². The maximum Gasteiger partial charge on any atom is 0.573 e. The van der Waals surface area contributed by atoms with E-state index in [0.29, 0.717) is 5.56 Å². The molecule has 0 radical (unpaired) electrons. The molecule has 3 amide bonds. The van der Waals surface area contributed by atoms with Gasteiger partial charge in [-0.1, -0.05) is 35.3 Å². The molecule has 2 aliphatic heterocycles. The largest absolute Gasteiger partial charge is 0.573 e. The third kappa shape index (κ3) is 4.02. The Labute approximate surface area is 183 Å². The predicted octanol–water partition coefficient (Wildman–Crippen LogP) is 3.80. The molecule has 2 atom stereocenters. The normalized spacial score (nSPS) is 23.5. The highest BCUT2D eigenvalue weighted by Gasteiger charge is 2.62. The van der Waals surface area contributed by atoms with Crippen LogP contribution in [0.15, 0.2) is 36.4 Å². The zero-order valence-corrected chi connectivity index (χ0v) is 17.1. The molecule has 0 aliphatic carbocycles. The standard InChI is InChI=1S/C19H14Cl2F3N3O4/c20-14-5-11(6-15(21)25-14)27-16(29)18(8-12(28)9-26(18)17(27)30)7-10-1-3-13(4-2-10)31-19(22,23)24/h1-6,12,28H,7-9H2/t12-,18+/m1/s1. The van der Waals surface area contributed by atoms with Gasteiger partial charge in [0.05, 0.1) is 11.8 Å². The summed E-state index contributed by atoms with van der Waals surface area (Å²) in [6.45, 7) is -0.0666. The number of nitrogens with zero attached hydrogens (tertiary/aromatic N) is 3. The van der Waals surface area contributed by atoms with E-state index in [2.05, 4.69) is 9.72 Å². The minimum absolute atomic E-state index is 0.00972. The molecule has 4 rings (SSSR count). The monoisotopic (exact) mass is 475 g/mol. The Bertz CT molecular complexity index is 1030. The lowest BCUT2D eigenvalue weighted by Gasteiger charge is -2.28. The van der Waals surface area contributed by atoms with Crippen LogP contribution in [0, 0.1) is 0 Å². The molecule has 0 unspecified atom stereocenters. The number of urea groups is 1. The summed E-state index contributed by atoms with van der Waals surface area (Å²) in [6.07, 6.45) is -5.79. The number of amides is 3. The van der Waals surface area contributed by atoms with E-state index in [4.69, 9.17) is 23.2 Å². The maximum atomic E-state index is 13.4. The number of imide groups is 1. The fourth-order valence-electron chi connectivity index (χ4n) is 4.03. The summed E-state index contributed by atoms with van der Waals surface area (Å²) < 4.78 is 41.0. The van der Waals surface area contributed by atoms with Crippen molar-refractivity contribution in [1.29, 1.82) is 0 Å². The molecule has 31 heavy (non-hydrogen) atoms. The Morgan fingerprint density at radius 1 is 1.16 bits per heavy atom. The van der Waals surface area contributed by atoms with Gasteiger partial charge in [-0.25, -0.2) is 14.7 Å². The Morgan fingerprint density at radius 2 is 1.77 bits per heavy atom. The summed E-state index contributed by atoms with van der Waals surface area (Å²) in [5.41, 5.74) is -0.773. The topological polar surface area (TPSA) is 83.0 Å². The van der Waals surface area contributed by atoms with Crippen LogP contribution in [0.5, 0.6) is 5.75 Å². The molecule has 164 valence electrons. The number of anilines is 1. The number of alkyl halides is 3. The Hall–Kier alpha value is -2.56. The molecule has 3 heterocycles. The Morgan fingerprint density at radius 3 is 2.35 bits per heavy atom. The molecule has 1 aromatic heterocycles. The minimum Gasteiger partial charge on any atom is -0.406 e. The number of halogens is 5. The molecule has 2 saturated heterocycles. The predicted molar refractivity (Wildman–Crippen MR) is 104 cm³/mol. The number of rotatable bonds is 4. The highest BCUT2D eigenvalue weighted by Crippen LogP contribution is 2.43. The molecule has 1 aromatic carbocycles. The first-order valence-corrected chi connectivity index (χ1v) is 9.76. The van der Waals surface area contributed by atoms with Crippen molar-refractivity contribution >= 4 is 40.8 Å². The zero-order chi connectivity index (χ0) is 22.6. The van der Waals surface area contributed by atoms with E-state index in [-0.39, 0.29) is 35.4 Å². The van der Waals surface area contributed by atoms with Crippen molar-refractivity contribution in [2.75, 3.05) is 11.4 Å². The van der Waals surface area contributed by atoms with Gasteiger partial charge < -0.3 is 14.7 Å². The highest BCUT2D eigenvalue weighted by atomic mass is 35.5. The van der Waals surface area contributed by atoms with Gasteiger partial charge in [0, 0.05) is 19.4 Å². The summed E-state index contributed by atoms with van der Waals surface area (Å²) in [5, 5.41) is 10.1. The van der Waals surface area contributed by atoms with E-state index in [1.54, 1.807) is 0 Å². The number of hydrogen-bond acceptors (Lipinski definition) is 5. The Kier molecular flexibility index (Phi) is 5.27. The van der Waals surface area contributed by atoms with Crippen LogP contribution in [0.1, 0.15) is 12.0 Å². The van der Waals surface area contributed by atoms with E-state index in [9.17, 15) is 27.9 Å². The van der Waals surface area contributed by atoms with Crippen molar-refractivity contribution in [1.82, 2.24) is 9.88 Å². The average Bonchev–Trinajstić information content (AvgIpc) is 3.07. The minimum atomic E-state index is -4.83. The lowest BCUT2D eigenvalue weighted by molar-refractivity contribution is -0.274. The van der Waals surface area contributed by atoms with Gasteiger partial charge in [0.1, 0.15) is 21.6 Å². The van der Waals surface area contributed by atoms with Crippen LogP contribution < -0.4 is 9.64 Å². The number of aromatic nitrogens is 1. The number of ether oxygens (including phenoxy) is 1. The fraction of sp³-hybridized carbons (Fsp3) is 0.316. The van der Waals surface area contributed by atoms with Gasteiger partial charge in [-0.05, 0) is 29.8 Å². The Balaban J connectivity index is 1.66. The molecule has 1 N–H and O–H groups in total.